The van der Waals surface area contributed by atoms with Gasteiger partial charge in [-0.15, -0.1) is 11.6 Å². The third-order valence-corrected chi connectivity index (χ3v) is 3.07. The largest absolute Gasteiger partial charge is 0.494 e. The van der Waals surface area contributed by atoms with Gasteiger partial charge in [0, 0.05) is 12.1 Å². The van der Waals surface area contributed by atoms with Gasteiger partial charge in [-0.3, -0.25) is 0 Å². The molecule has 1 aromatic carbocycles. The minimum Gasteiger partial charge on any atom is -0.494 e. The number of benzene rings is 1. The number of hydrogen-bond donors (Lipinski definition) is 0. The van der Waals surface area contributed by atoms with Crippen molar-refractivity contribution in [3.63, 3.8) is 0 Å². The van der Waals surface area contributed by atoms with Crippen LogP contribution in [0.5, 0.6) is 5.75 Å². The molecule has 0 fully saturated rings. The molecule has 0 radical (unpaired) electrons. The summed E-state index contributed by atoms with van der Waals surface area (Å²) in [5.41, 5.74) is 2.05. The van der Waals surface area contributed by atoms with Crippen LogP contribution in [0.1, 0.15) is 44.9 Å². The molecule has 0 aliphatic heterocycles. The minimum absolute atomic E-state index is 0.102. The van der Waals surface area contributed by atoms with E-state index in [0.29, 0.717) is 12.6 Å². The normalized spacial score (nSPS) is 13.2. The summed E-state index contributed by atoms with van der Waals surface area (Å²) in [7, 11) is 0. The standard InChI is InChI=1S/C14H19ClN2O/c1-5-18-11-6-7-13-12(8-11)16-14(10(4)15)17(13)9(2)3/h6-10H,5H2,1-4H3. The molecule has 0 saturated heterocycles. The molecule has 0 N–H and O–H groups in total. The Morgan fingerprint density at radius 1 is 1.33 bits per heavy atom. The van der Waals surface area contributed by atoms with Crippen LogP contribution in [0.3, 0.4) is 0 Å². The zero-order chi connectivity index (χ0) is 13.3. The molecule has 2 rings (SSSR count). The SMILES string of the molecule is CCOc1ccc2c(c1)nc(C(C)Cl)n2C(C)C. The molecule has 2 aromatic rings. The Kier molecular flexibility index (Phi) is 3.81. The molecule has 4 heteroatoms. The maximum Gasteiger partial charge on any atom is 0.127 e. The first kappa shape index (κ1) is 13.2. The third-order valence-electron chi connectivity index (χ3n) is 2.87. The van der Waals surface area contributed by atoms with Crippen molar-refractivity contribution in [3.8, 4) is 5.75 Å². The number of fused-ring (bicyclic) bond motifs is 1. The predicted octanol–water partition coefficient (Wildman–Crippen LogP) is 4.32. The van der Waals surface area contributed by atoms with Gasteiger partial charge >= 0.3 is 0 Å². The van der Waals surface area contributed by atoms with E-state index in [1.807, 2.05) is 26.0 Å². The fourth-order valence-corrected chi connectivity index (χ4v) is 2.33. The van der Waals surface area contributed by atoms with Crippen LogP contribution in [0.25, 0.3) is 11.0 Å². The zero-order valence-electron chi connectivity index (χ0n) is 11.3. The molecule has 0 aliphatic carbocycles. The van der Waals surface area contributed by atoms with E-state index < -0.39 is 0 Å². The third kappa shape index (κ3) is 2.32. The maximum atomic E-state index is 6.21. The fourth-order valence-electron chi connectivity index (χ4n) is 2.18. The van der Waals surface area contributed by atoms with Crippen LogP contribution in [-0.2, 0) is 0 Å². The average Bonchev–Trinajstić information content (AvgIpc) is 2.68. The molecule has 3 nitrogen and oxygen atoms in total. The molecule has 1 heterocycles. The molecule has 1 aromatic heterocycles. The Morgan fingerprint density at radius 2 is 2.06 bits per heavy atom. The molecule has 0 bridgehead atoms. The highest BCUT2D eigenvalue weighted by Gasteiger charge is 2.17. The predicted molar refractivity (Wildman–Crippen MR) is 75.6 cm³/mol. The van der Waals surface area contributed by atoms with Gasteiger partial charge in [0.15, 0.2) is 0 Å². The van der Waals surface area contributed by atoms with Crippen molar-refractivity contribution in [2.75, 3.05) is 6.61 Å². The molecule has 1 atom stereocenters. The summed E-state index contributed by atoms with van der Waals surface area (Å²) < 4.78 is 7.69. The quantitative estimate of drug-likeness (QED) is 0.771. The summed E-state index contributed by atoms with van der Waals surface area (Å²) in [6.45, 7) is 8.87. The second-order valence-corrected chi connectivity index (χ2v) is 5.29. The van der Waals surface area contributed by atoms with E-state index >= 15 is 0 Å². The van der Waals surface area contributed by atoms with E-state index in [1.165, 1.54) is 0 Å². The first-order valence-electron chi connectivity index (χ1n) is 6.33. The molecule has 98 valence electrons. The summed E-state index contributed by atoms with van der Waals surface area (Å²) in [6.07, 6.45) is 0. The van der Waals surface area contributed by atoms with Crippen molar-refractivity contribution in [1.29, 1.82) is 0 Å². The van der Waals surface area contributed by atoms with Crippen molar-refractivity contribution < 1.29 is 4.74 Å². The number of rotatable bonds is 4. The molecule has 0 saturated carbocycles. The van der Waals surface area contributed by atoms with Crippen molar-refractivity contribution in [2.24, 2.45) is 0 Å². The van der Waals surface area contributed by atoms with E-state index in [-0.39, 0.29) is 5.38 Å². The lowest BCUT2D eigenvalue weighted by Crippen LogP contribution is -2.06. The number of nitrogens with zero attached hydrogens (tertiary/aromatic N) is 2. The lowest BCUT2D eigenvalue weighted by Gasteiger charge is -2.14. The maximum absolute atomic E-state index is 6.21. The Hall–Kier alpha value is -1.22. The zero-order valence-corrected chi connectivity index (χ0v) is 12.0. The van der Waals surface area contributed by atoms with Gasteiger partial charge < -0.3 is 9.30 Å². The van der Waals surface area contributed by atoms with Gasteiger partial charge in [-0.25, -0.2) is 4.98 Å². The highest BCUT2D eigenvalue weighted by molar-refractivity contribution is 6.20. The van der Waals surface area contributed by atoms with E-state index in [1.54, 1.807) is 0 Å². The highest BCUT2D eigenvalue weighted by Crippen LogP contribution is 2.29. The van der Waals surface area contributed by atoms with Crippen LogP contribution >= 0.6 is 11.6 Å². The van der Waals surface area contributed by atoms with Crippen LogP contribution in [-0.4, -0.2) is 16.2 Å². The Balaban J connectivity index is 2.61. The smallest absolute Gasteiger partial charge is 0.127 e. The fraction of sp³-hybridized carbons (Fsp3) is 0.500. The summed E-state index contributed by atoms with van der Waals surface area (Å²) in [4.78, 5) is 4.63. The Bertz CT molecular complexity index is 546. The van der Waals surface area contributed by atoms with Gasteiger partial charge in [0.1, 0.15) is 11.6 Å². The van der Waals surface area contributed by atoms with Crippen LogP contribution < -0.4 is 4.74 Å². The van der Waals surface area contributed by atoms with Crippen LogP contribution in [0, 0.1) is 0 Å². The van der Waals surface area contributed by atoms with Crippen LogP contribution in [0.15, 0.2) is 18.2 Å². The number of imidazole rings is 1. The summed E-state index contributed by atoms with van der Waals surface area (Å²) >= 11 is 6.21. The van der Waals surface area contributed by atoms with Gasteiger partial charge in [-0.2, -0.15) is 0 Å². The second kappa shape index (κ2) is 5.19. The van der Waals surface area contributed by atoms with Crippen molar-refractivity contribution in [3.05, 3.63) is 24.0 Å². The van der Waals surface area contributed by atoms with Gasteiger partial charge in [0.25, 0.3) is 0 Å². The number of aromatic nitrogens is 2. The van der Waals surface area contributed by atoms with Gasteiger partial charge in [-0.05, 0) is 39.8 Å². The molecular weight excluding hydrogens is 248 g/mol. The first-order valence-corrected chi connectivity index (χ1v) is 6.77. The van der Waals surface area contributed by atoms with E-state index in [9.17, 15) is 0 Å². The molecule has 0 amide bonds. The number of hydrogen-bond acceptors (Lipinski definition) is 2. The van der Waals surface area contributed by atoms with Crippen molar-refractivity contribution in [1.82, 2.24) is 9.55 Å². The Morgan fingerprint density at radius 3 is 2.61 bits per heavy atom. The van der Waals surface area contributed by atoms with Crippen molar-refractivity contribution in [2.45, 2.75) is 39.1 Å². The first-order chi connectivity index (χ1) is 8.54. The highest BCUT2D eigenvalue weighted by atomic mass is 35.5. The van der Waals surface area contributed by atoms with E-state index in [2.05, 4.69) is 29.5 Å². The molecule has 18 heavy (non-hydrogen) atoms. The molecular formula is C14H19ClN2O. The Labute approximate surface area is 113 Å². The number of ether oxygens (including phenoxy) is 1. The van der Waals surface area contributed by atoms with Gasteiger partial charge in [-0.1, -0.05) is 0 Å². The lowest BCUT2D eigenvalue weighted by atomic mass is 10.2. The van der Waals surface area contributed by atoms with E-state index in [4.69, 9.17) is 16.3 Å². The van der Waals surface area contributed by atoms with Gasteiger partial charge in [0.2, 0.25) is 0 Å². The minimum atomic E-state index is -0.102. The van der Waals surface area contributed by atoms with Crippen LogP contribution in [0.2, 0.25) is 0 Å². The second-order valence-electron chi connectivity index (χ2n) is 4.63. The average molecular weight is 267 g/mol. The molecule has 0 spiro atoms. The van der Waals surface area contributed by atoms with E-state index in [0.717, 1.165) is 22.6 Å². The topological polar surface area (TPSA) is 27.1 Å². The lowest BCUT2D eigenvalue weighted by molar-refractivity contribution is 0.340. The summed E-state index contributed by atoms with van der Waals surface area (Å²) in [5, 5.41) is -0.102. The monoisotopic (exact) mass is 266 g/mol. The molecule has 0 aliphatic rings. The number of halogens is 1. The number of alkyl halides is 1. The van der Waals surface area contributed by atoms with Gasteiger partial charge in [0.05, 0.1) is 23.0 Å². The van der Waals surface area contributed by atoms with Crippen molar-refractivity contribution >= 4 is 22.6 Å². The summed E-state index contributed by atoms with van der Waals surface area (Å²) in [6, 6.07) is 6.34. The van der Waals surface area contributed by atoms with Crippen LogP contribution in [0.4, 0.5) is 0 Å². The summed E-state index contributed by atoms with van der Waals surface area (Å²) in [5.74, 6) is 1.77. The molecule has 1 unspecified atom stereocenters.